The molecule has 0 aliphatic carbocycles. The number of nitrogens with zero attached hydrogens (tertiary/aromatic N) is 3. The Kier molecular flexibility index (Phi) is 9.79. The van der Waals surface area contributed by atoms with E-state index in [2.05, 4.69) is 21.4 Å². The number of rotatable bonds is 2. The van der Waals surface area contributed by atoms with Gasteiger partial charge in [-0.25, -0.2) is 29.8 Å². The topological polar surface area (TPSA) is 101 Å². The van der Waals surface area contributed by atoms with Crippen molar-refractivity contribution in [2.45, 2.75) is 65.6 Å². The Morgan fingerprint density at radius 3 is 2.09 bits per heavy atom. The number of benzene rings is 1. The molecule has 10 nitrogen and oxygen atoms in total. The first-order chi connectivity index (χ1) is 16.2. The molecule has 1 aromatic carbocycles. The Bertz CT molecular complexity index is 906. The molecule has 2 saturated heterocycles. The molecular weight excluding hydrogens is 520 g/mol. The van der Waals surface area contributed by atoms with E-state index in [0.717, 1.165) is 36.1 Å². The number of methoxy groups -OCH3 is 1. The van der Waals surface area contributed by atoms with Gasteiger partial charge in [-0.3, -0.25) is 5.01 Å². The molecular formula is C24H37BrN4O6. The number of amides is 2. The predicted molar refractivity (Wildman–Crippen MR) is 136 cm³/mol. The van der Waals surface area contributed by atoms with Crippen LogP contribution in [0.25, 0.3) is 0 Å². The first-order valence-electron chi connectivity index (χ1n) is 11.6. The molecule has 2 aliphatic heterocycles. The summed E-state index contributed by atoms with van der Waals surface area (Å²) in [7, 11) is 1.34. The van der Waals surface area contributed by atoms with Crippen molar-refractivity contribution >= 4 is 39.8 Å². The second-order valence-corrected chi connectivity index (χ2v) is 11.0. The molecule has 2 amide bonds. The molecule has 1 N–H and O–H groups in total. The van der Waals surface area contributed by atoms with Gasteiger partial charge in [0, 0.05) is 30.7 Å². The zero-order valence-electron chi connectivity index (χ0n) is 21.6. The van der Waals surface area contributed by atoms with Crippen molar-refractivity contribution in [1.29, 1.82) is 0 Å². The summed E-state index contributed by atoms with van der Waals surface area (Å²) < 4.78 is 16.1. The maximum absolute atomic E-state index is 12.4. The summed E-state index contributed by atoms with van der Waals surface area (Å²) in [6.07, 6.45) is 1.15. The highest BCUT2D eigenvalue weighted by molar-refractivity contribution is 9.10. The fourth-order valence-corrected chi connectivity index (χ4v) is 3.78. The fraction of sp³-hybridized carbons (Fsp3) is 0.625. The minimum atomic E-state index is -0.559. The van der Waals surface area contributed by atoms with Gasteiger partial charge >= 0.3 is 18.2 Å². The molecule has 0 aromatic heterocycles. The van der Waals surface area contributed by atoms with Crippen LogP contribution in [0.4, 0.5) is 15.3 Å². The number of nitrogens with one attached hydrogen (secondary N) is 1. The number of anilines is 1. The van der Waals surface area contributed by atoms with Crippen molar-refractivity contribution in [3.8, 4) is 0 Å². The van der Waals surface area contributed by atoms with Crippen LogP contribution in [0, 0.1) is 0 Å². The summed E-state index contributed by atoms with van der Waals surface area (Å²) in [4.78, 5) is 35.4. The van der Waals surface area contributed by atoms with Gasteiger partial charge in [-0.15, -0.1) is 0 Å². The van der Waals surface area contributed by atoms with Gasteiger partial charge in [-0.05, 0) is 88.5 Å². The van der Waals surface area contributed by atoms with Gasteiger partial charge in [0.15, 0.2) is 0 Å². The smallest absolute Gasteiger partial charge is 0.429 e. The fourth-order valence-electron chi connectivity index (χ4n) is 3.33. The lowest BCUT2D eigenvalue weighted by Crippen LogP contribution is -2.44. The highest BCUT2D eigenvalue weighted by atomic mass is 79.9. The molecule has 2 aliphatic rings. The van der Waals surface area contributed by atoms with Crippen LogP contribution in [0.2, 0.25) is 0 Å². The van der Waals surface area contributed by atoms with Gasteiger partial charge < -0.3 is 14.2 Å². The third-order valence-electron chi connectivity index (χ3n) is 4.76. The van der Waals surface area contributed by atoms with Crippen molar-refractivity contribution in [3.05, 3.63) is 28.2 Å². The van der Waals surface area contributed by atoms with Crippen LogP contribution in [0.1, 0.15) is 64.7 Å². The SMILES string of the molecule is CC(C)(C)OC(=O)N1CCCN1.COC(=O)c1ccc(Br)c(N2CCCN2C(=O)OC(C)(C)C)c1. The van der Waals surface area contributed by atoms with Crippen LogP contribution in [-0.4, -0.2) is 72.7 Å². The lowest BCUT2D eigenvalue weighted by Gasteiger charge is -2.32. The minimum Gasteiger partial charge on any atom is -0.465 e. The van der Waals surface area contributed by atoms with E-state index in [-0.39, 0.29) is 6.09 Å². The Hall–Kier alpha value is -2.53. The Morgan fingerprint density at radius 2 is 1.54 bits per heavy atom. The normalized spacial score (nSPS) is 15.9. The zero-order chi connectivity index (χ0) is 26.4. The summed E-state index contributed by atoms with van der Waals surface area (Å²) in [6.45, 7) is 13.9. The van der Waals surface area contributed by atoms with Gasteiger partial charge in [0.05, 0.1) is 18.4 Å². The first-order valence-corrected chi connectivity index (χ1v) is 12.4. The molecule has 0 bridgehead atoms. The first kappa shape index (κ1) is 28.7. The van der Waals surface area contributed by atoms with E-state index in [1.165, 1.54) is 12.1 Å². The minimum absolute atomic E-state index is 0.278. The molecule has 2 heterocycles. The van der Waals surface area contributed by atoms with Gasteiger partial charge in [-0.2, -0.15) is 0 Å². The lowest BCUT2D eigenvalue weighted by molar-refractivity contribution is 0.0209. The van der Waals surface area contributed by atoms with Crippen LogP contribution in [0.3, 0.4) is 0 Å². The number of carbonyl (C=O) groups excluding carboxylic acids is 3. The Labute approximate surface area is 215 Å². The number of esters is 1. The molecule has 0 unspecified atom stereocenters. The molecule has 35 heavy (non-hydrogen) atoms. The van der Waals surface area contributed by atoms with E-state index in [4.69, 9.17) is 14.2 Å². The molecule has 0 atom stereocenters. The third-order valence-corrected chi connectivity index (χ3v) is 5.43. The third kappa shape index (κ3) is 8.88. The predicted octanol–water partition coefficient (Wildman–Crippen LogP) is 4.73. The van der Waals surface area contributed by atoms with Gasteiger partial charge in [0.2, 0.25) is 0 Å². The summed E-state index contributed by atoms with van der Waals surface area (Å²) in [5.41, 5.74) is 3.14. The molecule has 3 rings (SSSR count). The molecule has 2 fully saturated rings. The van der Waals surface area contributed by atoms with Crippen molar-refractivity contribution in [2.24, 2.45) is 0 Å². The van der Waals surface area contributed by atoms with E-state index < -0.39 is 23.3 Å². The van der Waals surface area contributed by atoms with E-state index >= 15 is 0 Å². The molecule has 0 spiro atoms. The summed E-state index contributed by atoms with van der Waals surface area (Å²) in [6, 6.07) is 5.15. The number of hydrogen-bond acceptors (Lipinski definition) is 8. The quantitative estimate of drug-likeness (QED) is 0.412. The van der Waals surface area contributed by atoms with Gasteiger partial charge in [0.1, 0.15) is 11.2 Å². The zero-order valence-corrected chi connectivity index (χ0v) is 23.2. The molecule has 11 heteroatoms. The standard InChI is InChI=1S/C16H21BrN2O4.C8H16N2O2/c1-16(2,3)23-15(21)19-9-5-8-18(19)13-10-11(14(20)22-4)6-7-12(13)17;1-8(2,3)12-7(11)10-6-4-5-9-10/h6-7,10H,5,8-9H2,1-4H3;9H,4-6H2,1-3H3. The monoisotopic (exact) mass is 556 g/mol. The summed E-state index contributed by atoms with van der Waals surface area (Å²) in [5, 5.41) is 4.91. The molecule has 196 valence electrons. The average molecular weight is 557 g/mol. The number of hydrogen-bond donors (Lipinski definition) is 1. The van der Waals surface area contributed by atoms with Gasteiger partial charge in [-0.1, -0.05) is 0 Å². The van der Waals surface area contributed by atoms with Crippen LogP contribution < -0.4 is 10.4 Å². The number of halogens is 1. The highest BCUT2D eigenvalue weighted by Gasteiger charge is 2.32. The molecule has 0 radical (unpaired) electrons. The largest absolute Gasteiger partial charge is 0.465 e. The molecule has 1 aromatic rings. The second kappa shape index (κ2) is 11.9. The van der Waals surface area contributed by atoms with Crippen LogP contribution in [-0.2, 0) is 14.2 Å². The van der Waals surface area contributed by atoms with Gasteiger partial charge in [0.25, 0.3) is 0 Å². The van der Waals surface area contributed by atoms with E-state index in [1.54, 1.807) is 23.2 Å². The summed E-state index contributed by atoms with van der Waals surface area (Å²) >= 11 is 3.48. The maximum Gasteiger partial charge on any atom is 0.429 e. The van der Waals surface area contributed by atoms with E-state index in [1.807, 2.05) is 46.6 Å². The molecule has 0 saturated carbocycles. The number of carbonyl (C=O) groups is 3. The van der Waals surface area contributed by atoms with E-state index in [0.29, 0.717) is 18.7 Å². The second-order valence-electron chi connectivity index (χ2n) is 10.1. The van der Waals surface area contributed by atoms with Crippen LogP contribution in [0.5, 0.6) is 0 Å². The Morgan fingerprint density at radius 1 is 0.914 bits per heavy atom. The van der Waals surface area contributed by atoms with E-state index in [9.17, 15) is 14.4 Å². The lowest BCUT2D eigenvalue weighted by atomic mass is 10.2. The average Bonchev–Trinajstić information content (AvgIpc) is 3.44. The van der Waals surface area contributed by atoms with Crippen molar-refractivity contribution in [2.75, 3.05) is 38.3 Å². The Balaban J connectivity index is 0.000000303. The number of ether oxygens (including phenoxy) is 3. The van der Waals surface area contributed by atoms with Crippen molar-refractivity contribution in [1.82, 2.24) is 15.4 Å². The highest BCUT2D eigenvalue weighted by Crippen LogP contribution is 2.32. The number of hydrazine groups is 2. The van der Waals surface area contributed by atoms with Crippen LogP contribution in [0.15, 0.2) is 22.7 Å². The summed E-state index contributed by atoms with van der Waals surface area (Å²) in [5.74, 6) is -0.415. The van der Waals surface area contributed by atoms with Crippen molar-refractivity contribution < 1.29 is 28.6 Å². The van der Waals surface area contributed by atoms with Crippen LogP contribution >= 0.6 is 15.9 Å². The maximum atomic E-state index is 12.4. The van der Waals surface area contributed by atoms with Crippen molar-refractivity contribution in [3.63, 3.8) is 0 Å².